The van der Waals surface area contributed by atoms with E-state index in [1.54, 1.807) is 47.6 Å². The molecule has 1 fully saturated rings. The minimum absolute atomic E-state index is 0.0328. The normalized spacial score (nSPS) is 15.5. The fourth-order valence-corrected chi connectivity index (χ4v) is 5.89. The van der Waals surface area contributed by atoms with Crippen LogP contribution in [0.3, 0.4) is 0 Å². The molecule has 2 heterocycles. The van der Waals surface area contributed by atoms with Gasteiger partial charge in [-0.15, -0.1) is 0 Å². The average Bonchev–Trinajstić information content (AvgIpc) is 2.78. The van der Waals surface area contributed by atoms with E-state index in [9.17, 15) is 22.8 Å². The van der Waals surface area contributed by atoms with Gasteiger partial charge in [0.1, 0.15) is 5.60 Å². The van der Waals surface area contributed by atoms with Crippen LogP contribution in [0.2, 0.25) is 0 Å². The number of aromatic nitrogens is 1. The number of carbonyl (C=O) groups is 2. The number of carbonyl (C=O) groups excluding carboxylic acids is 2. The summed E-state index contributed by atoms with van der Waals surface area (Å²) in [5.74, 6) is 0. The second kappa shape index (κ2) is 11.1. The van der Waals surface area contributed by atoms with E-state index in [1.165, 1.54) is 27.2 Å². The molecular formula is C25H35N3O8S. The van der Waals surface area contributed by atoms with Crippen molar-refractivity contribution >= 4 is 33.0 Å². The molecule has 204 valence electrons. The van der Waals surface area contributed by atoms with E-state index in [-0.39, 0.29) is 42.2 Å². The van der Waals surface area contributed by atoms with Gasteiger partial charge in [-0.1, -0.05) is 6.07 Å². The zero-order valence-electron chi connectivity index (χ0n) is 22.1. The topological polar surface area (TPSA) is 133 Å². The van der Waals surface area contributed by atoms with Gasteiger partial charge in [0.2, 0.25) is 10.0 Å². The first-order chi connectivity index (χ1) is 17.2. The molecule has 0 atom stereocenters. The van der Waals surface area contributed by atoms with Crippen molar-refractivity contribution in [2.75, 3.05) is 13.1 Å². The molecule has 1 saturated heterocycles. The number of benzene rings is 1. The standard InChI is InChI=1S/C25H35N3O8S/c1-16(2)35-24(31)34-15-27-14-17(3)21-19(22(27)29)8-7-9-20(21)37(32,33)28-12-10-18(11-13-28)26-23(30)36-25(4,5)6/h7-9,14,16,18H,10-13,15H2,1-6H3,(H,26,30). The number of piperidine rings is 1. The molecule has 1 aromatic carbocycles. The molecule has 0 unspecified atom stereocenters. The lowest BCUT2D eigenvalue weighted by atomic mass is 10.1. The zero-order valence-corrected chi connectivity index (χ0v) is 22.9. The highest BCUT2D eigenvalue weighted by molar-refractivity contribution is 7.89. The summed E-state index contributed by atoms with van der Waals surface area (Å²) in [6, 6.07) is 4.34. The molecule has 0 radical (unpaired) electrons. The number of ether oxygens (including phenoxy) is 3. The highest BCUT2D eigenvalue weighted by Crippen LogP contribution is 2.28. The van der Waals surface area contributed by atoms with Gasteiger partial charge >= 0.3 is 12.2 Å². The van der Waals surface area contributed by atoms with E-state index in [4.69, 9.17) is 14.2 Å². The van der Waals surface area contributed by atoms with Gasteiger partial charge in [-0.2, -0.15) is 4.31 Å². The first kappa shape index (κ1) is 28.5. The van der Waals surface area contributed by atoms with Crippen LogP contribution in [0.15, 0.2) is 34.1 Å². The molecule has 1 aliphatic rings. The number of amides is 1. The summed E-state index contributed by atoms with van der Waals surface area (Å²) in [5.41, 5.74) is -0.575. The Hall–Kier alpha value is -3.12. The van der Waals surface area contributed by atoms with E-state index >= 15 is 0 Å². The lowest BCUT2D eigenvalue weighted by Crippen LogP contribution is -2.47. The predicted octanol–water partition coefficient (Wildman–Crippen LogP) is 3.51. The van der Waals surface area contributed by atoms with E-state index in [0.717, 1.165) is 0 Å². The number of rotatable bonds is 6. The molecule has 2 aromatic rings. The van der Waals surface area contributed by atoms with E-state index < -0.39 is 33.4 Å². The van der Waals surface area contributed by atoms with Gasteiger partial charge in [0.25, 0.3) is 5.56 Å². The smallest absolute Gasteiger partial charge is 0.444 e. The maximum Gasteiger partial charge on any atom is 0.510 e. The van der Waals surface area contributed by atoms with Crippen molar-refractivity contribution < 1.29 is 32.2 Å². The van der Waals surface area contributed by atoms with Crippen LogP contribution >= 0.6 is 0 Å². The van der Waals surface area contributed by atoms with Crippen LogP contribution in [-0.2, 0) is 31.0 Å². The number of hydrogen-bond acceptors (Lipinski definition) is 8. The van der Waals surface area contributed by atoms with Crippen molar-refractivity contribution in [3.63, 3.8) is 0 Å². The number of fused-ring (bicyclic) bond motifs is 1. The summed E-state index contributed by atoms with van der Waals surface area (Å²) in [6.07, 6.45) is 0.520. The molecule has 1 N–H and O–H groups in total. The van der Waals surface area contributed by atoms with Gasteiger partial charge in [0, 0.05) is 36.1 Å². The Morgan fingerprint density at radius 3 is 2.41 bits per heavy atom. The van der Waals surface area contributed by atoms with Crippen molar-refractivity contribution in [2.45, 2.75) is 83.8 Å². The van der Waals surface area contributed by atoms with Crippen molar-refractivity contribution in [2.24, 2.45) is 0 Å². The molecule has 1 aliphatic heterocycles. The van der Waals surface area contributed by atoms with E-state index in [2.05, 4.69) is 5.32 Å². The number of nitrogens with zero attached hydrogens (tertiary/aromatic N) is 2. The first-order valence-corrected chi connectivity index (χ1v) is 13.6. The summed E-state index contributed by atoms with van der Waals surface area (Å²) in [4.78, 5) is 36.9. The molecule has 1 amide bonds. The Balaban J connectivity index is 1.80. The molecular weight excluding hydrogens is 502 g/mol. The lowest BCUT2D eigenvalue weighted by Gasteiger charge is -2.32. The van der Waals surface area contributed by atoms with Crippen molar-refractivity contribution in [1.82, 2.24) is 14.2 Å². The Kier molecular flexibility index (Phi) is 8.53. The first-order valence-electron chi connectivity index (χ1n) is 12.1. The second-order valence-electron chi connectivity index (χ2n) is 10.3. The average molecular weight is 538 g/mol. The number of aryl methyl sites for hydroxylation is 1. The van der Waals surface area contributed by atoms with Crippen LogP contribution in [0.5, 0.6) is 0 Å². The monoisotopic (exact) mass is 537 g/mol. The van der Waals surface area contributed by atoms with Gasteiger partial charge in [0.05, 0.1) is 11.0 Å². The van der Waals surface area contributed by atoms with Gasteiger partial charge in [-0.25, -0.2) is 18.0 Å². The molecule has 3 rings (SSSR count). The number of sulfonamides is 1. The minimum atomic E-state index is -3.92. The number of pyridine rings is 1. The third-order valence-electron chi connectivity index (χ3n) is 5.71. The molecule has 37 heavy (non-hydrogen) atoms. The number of nitrogens with one attached hydrogen (secondary N) is 1. The van der Waals surface area contributed by atoms with Gasteiger partial charge in [0.15, 0.2) is 6.73 Å². The predicted molar refractivity (Wildman–Crippen MR) is 137 cm³/mol. The highest BCUT2D eigenvalue weighted by atomic mass is 32.2. The zero-order chi connectivity index (χ0) is 27.5. The van der Waals surface area contributed by atoms with Crippen LogP contribution in [0.4, 0.5) is 9.59 Å². The van der Waals surface area contributed by atoms with Gasteiger partial charge in [-0.3, -0.25) is 9.36 Å². The number of hydrogen-bond donors (Lipinski definition) is 1. The Morgan fingerprint density at radius 1 is 1.16 bits per heavy atom. The summed E-state index contributed by atoms with van der Waals surface area (Å²) in [7, 11) is -3.92. The van der Waals surface area contributed by atoms with Gasteiger partial charge in [-0.05, 0) is 72.1 Å². The van der Waals surface area contributed by atoms with Crippen LogP contribution in [0.25, 0.3) is 10.8 Å². The summed E-state index contributed by atoms with van der Waals surface area (Å²) in [6.45, 7) is 10.4. The van der Waals surface area contributed by atoms with Crippen molar-refractivity contribution in [3.05, 3.63) is 40.3 Å². The summed E-state index contributed by atoms with van der Waals surface area (Å²) < 4.78 is 45.0. The van der Waals surface area contributed by atoms with Gasteiger partial charge < -0.3 is 19.5 Å². The fraction of sp³-hybridized carbons (Fsp3) is 0.560. The third kappa shape index (κ3) is 7.01. The maximum atomic E-state index is 13.6. The lowest BCUT2D eigenvalue weighted by molar-refractivity contribution is 0.0153. The summed E-state index contributed by atoms with van der Waals surface area (Å²) >= 11 is 0. The quantitative estimate of drug-likeness (QED) is 0.554. The molecule has 0 saturated carbocycles. The van der Waals surface area contributed by atoms with Crippen LogP contribution in [0, 0.1) is 6.92 Å². The van der Waals surface area contributed by atoms with E-state index in [1.807, 2.05) is 0 Å². The van der Waals surface area contributed by atoms with Crippen molar-refractivity contribution in [3.8, 4) is 0 Å². The van der Waals surface area contributed by atoms with Crippen LogP contribution in [-0.4, -0.2) is 60.4 Å². The highest BCUT2D eigenvalue weighted by Gasteiger charge is 2.32. The fourth-order valence-electron chi connectivity index (χ4n) is 4.14. The molecule has 0 bridgehead atoms. The number of alkyl carbamates (subject to hydrolysis) is 1. The van der Waals surface area contributed by atoms with E-state index in [0.29, 0.717) is 23.8 Å². The molecule has 0 spiro atoms. The largest absolute Gasteiger partial charge is 0.510 e. The summed E-state index contributed by atoms with van der Waals surface area (Å²) in [5, 5.41) is 3.32. The maximum absolute atomic E-state index is 13.6. The third-order valence-corrected chi connectivity index (χ3v) is 7.65. The van der Waals surface area contributed by atoms with Crippen molar-refractivity contribution in [1.29, 1.82) is 0 Å². The van der Waals surface area contributed by atoms with Crippen LogP contribution < -0.4 is 10.9 Å². The minimum Gasteiger partial charge on any atom is -0.444 e. The SMILES string of the molecule is Cc1cn(COC(=O)OC(C)C)c(=O)c2cccc(S(=O)(=O)N3CCC(NC(=O)OC(C)(C)C)CC3)c12. The Bertz CT molecular complexity index is 1320. The Morgan fingerprint density at radius 2 is 1.81 bits per heavy atom. The van der Waals surface area contributed by atoms with Crippen LogP contribution in [0.1, 0.15) is 53.0 Å². The molecule has 0 aliphatic carbocycles. The second-order valence-corrected chi connectivity index (χ2v) is 12.2. The molecule has 12 heteroatoms. The molecule has 11 nitrogen and oxygen atoms in total. The Labute approximate surface area is 216 Å². The molecule has 1 aromatic heterocycles.